The first-order valence-corrected chi connectivity index (χ1v) is 4.34. The number of aromatic amines is 1. The molecule has 14 heavy (non-hydrogen) atoms. The molecule has 1 heterocycles. The highest BCUT2D eigenvalue weighted by Crippen LogP contribution is 2.25. The lowest BCUT2D eigenvalue weighted by atomic mass is 9.97. The van der Waals surface area contributed by atoms with Gasteiger partial charge in [-0.1, -0.05) is 0 Å². The van der Waals surface area contributed by atoms with E-state index in [-0.39, 0.29) is 5.82 Å². The Bertz CT molecular complexity index is 470. The minimum Gasteiger partial charge on any atom is -0.386 e. The second-order valence-electron chi connectivity index (χ2n) is 3.85. The lowest BCUT2D eigenvalue weighted by Gasteiger charge is -2.17. The molecule has 74 valence electrons. The summed E-state index contributed by atoms with van der Waals surface area (Å²) in [5.74, 6) is -0.367. The van der Waals surface area contributed by atoms with Crippen molar-refractivity contribution < 1.29 is 9.50 Å². The van der Waals surface area contributed by atoms with Gasteiger partial charge >= 0.3 is 0 Å². The molecule has 0 spiro atoms. The van der Waals surface area contributed by atoms with Gasteiger partial charge < -0.3 is 5.11 Å². The van der Waals surface area contributed by atoms with E-state index >= 15 is 0 Å². The Balaban J connectivity index is 2.70. The molecule has 2 aromatic rings. The Morgan fingerprint density at radius 1 is 1.43 bits per heavy atom. The summed E-state index contributed by atoms with van der Waals surface area (Å²) in [6, 6.07) is 3.03. The van der Waals surface area contributed by atoms with Gasteiger partial charge in [0.05, 0.1) is 22.7 Å². The number of hydrogen-bond acceptors (Lipinski definition) is 2. The van der Waals surface area contributed by atoms with E-state index in [9.17, 15) is 9.50 Å². The molecule has 4 heteroatoms. The van der Waals surface area contributed by atoms with Crippen molar-refractivity contribution in [1.29, 1.82) is 0 Å². The quantitative estimate of drug-likeness (QED) is 0.728. The second-order valence-corrected chi connectivity index (χ2v) is 3.85. The predicted octanol–water partition coefficient (Wildman–Crippen LogP) is 1.93. The Morgan fingerprint density at radius 2 is 2.14 bits per heavy atom. The summed E-state index contributed by atoms with van der Waals surface area (Å²) in [4.78, 5) is 0. The highest BCUT2D eigenvalue weighted by atomic mass is 19.1. The van der Waals surface area contributed by atoms with Crippen LogP contribution in [0.1, 0.15) is 19.4 Å². The Kier molecular flexibility index (Phi) is 1.82. The van der Waals surface area contributed by atoms with Gasteiger partial charge in [-0.25, -0.2) is 4.39 Å². The number of nitrogens with one attached hydrogen (secondary N) is 1. The molecule has 0 saturated carbocycles. The van der Waals surface area contributed by atoms with Gasteiger partial charge in [0.2, 0.25) is 0 Å². The van der Waals surface area contributed by atoms with Gasteiger partial charge in [0.1, 0.15) is 5.82 Å². The van der Waals surface area contributed by atoms with Crippen molar-refractivity contribution in [2.75, 3.05) is 0 Å². The Morgan fingerprint density at radius 3 is 2.79 bits per heavy atom. The predicted molar refractivity (Wildman–Crippen MR) is 51.3 cm³/mol. The fraction of sp³-hybridized carbons (Fsp3) is 0.300. The molecule has 0 aliphatic rings. The van der Waals surface area contributed by atoms with Crippen LogP contribution in [-0.4, -0.2) is 15.3 Å². The van der Waals surface area contributed by atoms with E-state index in [1.165, 1.54) is 12.3 Å². The number of benzene rings is 1. The van der Waals surface area contributed by atoms with Crippen LogP contribution in [0, 0.1) is 5.82 Å². The molecule has 2 N–H and O–H groups in total. The first-order valence-electron chi connectivity index (χ1n) is 4.34. The topological polar surface area (TPSA) is 48.9 Å². The van der Waals surface area contributed by atoms with Gasteiger partial charge in [-0.2, -0.15) is 5.10 Å². The zero-order chi connectivity index (χ0) is 10.3. The summed E-state index contributed by atoms with van der Waals surface area (Å²) >= 11 is 0. The summed E-state index contributed by atoms with van der Waals surface area (Å²) < 4.78 is 13.4. The third-order valence-electron chi connectivity index (χ3n) is 2.21. The number of fused-ring (bicyclic) bond motifs is 1. The van der Waals surface area contributed by atoms with Crippen molar-refractivity contribution in [3.63, 3.8) is 0 Å². The lowest BCUT2D eigenvalue weighted by molar-refractivity contribution is 0.0784. The maximum atomic E-state index is 13.4. The van der Waals surface area contributed by atoms with E-state index in [1.54, 1.807) is 19.9 Å². The van der Waals surface area contributed by atoms with Crippen molar-refractivity contribution in [2.24, 2.45) is 0 Å². The maximum Gasteiger partial charge on any atom is 0.134 e. The number of rotatable bonds is 1. The van der Waals surface area contributed by atoms with Gasteiger partial charge in [0.15, 0.2) is 0 Å². The number of H-pyrrole nitrogens is 1. The molecule has 0 atom stereocenters. The van der Waals surface area contributed by atoms with E-state index in [4.69, 9.17) is 0 Å². The fourth-order valence-electron chi connectivity index (χ4n) is 1.36. The highest BCUT2D eigenvalue weighted by molar-refractivity contribution is 5.79. The van der Waals surface area contributed by atoms with Gasteiger partial charge in [0.25, 0.3) is 0 Å². The van der Waals surface area contributed by atoms with E-state index in [2.05, 4.69) is 10.2 Å². The monoisotopic (exact) mass is 194 g/mol. The third kappa shape index (κ3) is 1.37. The molecule has 0 radical (unpaired) electrons. The number of aliphatic hydroxyl groups is 1. The fourth-order valence-corrected chi connectivity index (χ4v) is 1.36. The van der Waals surface area contributed by atoms with Crippen molar-refractivity contribution in [3.8, 4) is 0 Å². The second kappa shape index (κ2) is 2.78. The first kappa shape index (κ1) is 9.15. The Labute approximate surface area is 80.6 Å². The van der Waals surface area contributed by atoms with Crippen molar-refractivity contribution in [3.05, 3.63) is 29.7 Å². The smallest absolute Gasteiger partial charge is 0.134 e. The van der Waals surface area contributed by atoms with Crippen LogP contribution in [0.4, 0.5) is 4.39 Å². The zero-order valence-electron chi connectivity index (χ0n) is 8.00. The highest BCUT2D eigenvalue weighted by Gasteiger charge is 2.18. The largest absolute Gasteiger partial charge is 0.386 e. The molecule has 0 aliphatic heterocycles. The normalized spacial score (nSPS) is 12.3. The molecule has 1 aromatic heterocycles. The minimum atomic E-state index is -1.04. The molecule has 0 amide bonds. The Hall–Kier alpha value is -1.42. The number of halogens is 1. The van der Waals surface area contributed by atoms with Gasteiger partial charge in [-0.15, -0.1) is 0 Å². The first-order chi connectivity index (χ1) is 6.48. The molecule has 0 aliphatic carbocycles. The molecule has 0 unspecified atom stereocenters. The van der Waals surface area contributed by atoms with E-state index in [0.717, 1.165) is 0 Å². The number of hydrogen-bond donors (Lipinski definition) is 2. The molecule has 0 bridgehead atoms. The van der Waals surface area contributed by atoms with Gasteiger partial charge in [-0.05, 0) is 31.5 Å². The summed E-state index contributed by atoms with van der Waals surface area (Å²) in [6.07, 6.45) is 1.43. The van der Waals surface area contributed by atoms with Crippen molar-refractivity contribution in [2.45, 2.75) is 19.4 Å². The standard InChI is InChI=1S/C10H11FN2O/c1-10(2,14)6-3-8(11)7-5-12-13-9(7)4-6/h3-5,14H,1-2H3,(H,12,13). The van der Waals surface area contributed by atoms with Crippen LogP contribution in [0.2, 0.25) is 0 Å². The van der Waals surface area contributed by atoms with E-state index < -0.39 is 5.60 Å². The molecule has 3 nitrogen and oxygen atoms in total. The van der Waals surface area contributed by atoms with Crippen LogP contribution >= 0.6 is 0 Å². The molecule has 1 aromatic carbocycles. The minimum absolute atomic E-state index is 0.367. The average Bonchev–Trinajstić information content (AvgIpc) is 2.50. The maximum absolute atomic E-state index is 13.4. The van der Waals surface area contributed by atoms with Crippen LogP contribution in [0.3, 0.4) is 0 Å². The van der Waals surface area contributed by atoms with Crippen molar-refractivity contribution >= 4 is 10.9 Å². The van der Waals surface area contributed by atoms with Crippen LogP contribution in [-0.2, 0) is 5.60 Å². The van der Waals surface area contributed by atoms with Crippen LogP contribution in [0.25, 0.3) is 10.9 Å². The van der Waals surface area contributed by atoms with Crippen molar-refractivity contribution in [1.82, 2.24) is 10.2 Å². The third-order valence-corrected chi connectivity index (χ3v) is 2.21. The molecule has 2 rings (SSSR count). The summed E-state index contributed by atoms with van der Waals surface area (Å²) in [5.41, 5.74) is 0.0917. The lowest BCUT2D eigenvalue weighted by Crippen LogP contribution is -2.15. The van der Waals surface area contributed by atoms with Gasteiger partial charge in [0, 0.05) is 0 Å². The summed E-state index contributed by atoms with van der Waals surface area (Å²) in [5, 5.41) is 16.6. The zero-order valence-corrected chi connectivity index (χ0v) is 8.00. The average molecular weight is 194 g/mol. The van der Waals surface area contributed by atoms with Gasteiger partial charge in [-0.3, -0.25) is 5.10 Å². The molecule has 0 fully saturated rings. The van der Waals surface area contributed by atoms with Crippen LogP contribution < -0.4 is 0 Å². The SMILES string of the molecule is CC(C)(O)c1cc(F)c2cn[nH]c2c1. The van der Waals surface area contributed by atoms with Crippen LogP contribution in [0.5, 0.6) is 0 Å². The molecular weight excluding hydrogens is 183 g/mol. The summed E-state index contributed by atoms with van der Waals surface area (Å²) in [7, 11) is 0. The number of nitrogens with zero attached hydrogens (tertiary/aromatic N) is 1. The van der Waals surface area contributed by atoms with E-state index in [0.29, 0.717) is 16.5 Å². The summed E-state index contributed by atoms with van der Waals surface area (Å²) in [6.45, 7) is 3.23. The van der Waals surface area contributed by atoms with Crippen LogP contribution in [0.15, 0.2) is 18.3 Å². The van der Waals surface area contributed by atoms with E-state index in [1.807, 2.05) is 0 Å². The number of aromatic nitrogens is 2. The molecule has 0 saturated heterocycles. The molecular formula is C10H11FN2O.